The molecule has 9 heteroatoms. The molecule has 44 heavy (non-hydrogen) atoms. The predicted octanol–water partition coefficient (Wildman–Crippen LogP) is 4.53. The van der Waals surface area contributed by atoms with E-state index in [0.29, 0.717) is 11.8 Å². The van der Waals surface area contributed by atoms with Gasteiger partial charge in [-0.1, -0.05) is 54.6 Å². The van der Waals surface area contributed by atoms with Crippen LogP contribution >= 0.6 is 0 Å². The van der Waals surface area contributed by atoms with E-state index in [1.165, 1.54) is 0 Å². The summed E-state index contributed by atoms with van der Waals surface area (Å²) in [5, 5.41) is 3.10. The van der Waals surface area contributed by atoms with E-state index in [9.17, 15) is 14.4 Å². The van der Waals surface area contributed by atoms with Crippen LogP contribution in [0.15, 0.2) is 73.1 Å². The first-order chi connectivity index (χ1) is 21.3. The number of aryl methyl sites for hydroxylation is 2. The van der Waals surface area contributed by atoms with Gasteiger partial charge in [-0.15, -0.1) is 0 Å². The van der Waals surface area contributed by atoms with Crippen LogP contribution in [0.4, 0.5) is 4.79 Å². The molecule has 3 saturated heterocycles. The molecule has 6 rings (SSSR count). The molecule has 2 aromatic carbocycles. The average Bonchev–Trinajstić information content (AvgIpc) is 3.67. The maximum absolute atomic E-state index is 13.4. The molecule has 3 amide bonds. The Morgan fingerprint density at radius 1 is 0.955 bits per heavy atom. The molecular formula is C35H41N5O4. The van der Waals surface area contributed by atoms with Gasteiger partial charge in [0.1, 0.15) is 6.10 Å². The SMILES string of the molecule is Cc1cccc(C)c1C(=O)N1CC2CN(CCC(NC(=O)O[C@H]3CC(=O)N(C)[C@H]3c3cccnc3)c3ccccc3)C[C@H]2C1. The molecule has 0 radical (unpaired) electrons. The zero-order valence-electron chi connectivity index (χ0n) is 25.7. The van der Waals surface area contributed by atoms with E-state index in [1.54, 1.807) is 24.3 Å². The van der Waals surface area contributed by atoms with Gasteiger partial charge in [-0.05, 0) is 60.4 Å². The zero-order valence-corrected chi connectivity index (χ0v) is 25.7. The molecule has 9 nitrogen and oxygen atoms in total. The normalized spacial score (nSPS) is 23.9. The van der Waals surface area contributed by atoms with Crippen LogP contribution in [-0.2, 0) is 9.53 Å². The van der Waals surface area contributed by atoms with E-state index < -0.39 is 12.2 Å². The number of alkyl carbamates (subject to hydrolysis) is 1. The average molecular weight is 596 g/mol. The van der Waals surface area contributed by atoms with Crippen molar-refractivity contribution in [2.24, 2.45) is 11.8 Å². The van der Waals surface area contributed by atoms with Crippen LogP contribution in [-0.4, -0.2) is 83.5 Å². The Labute approximate surface area is 259 Å². The number of fused-ring (bicyclic) bond motifs is 1. The molecule has 230 valence electrons. The van der Waals surface area contributed by atoms with Crippen molar-refractivity contribution in [1.29, 1.82) is 0 Å². The Morgan fingerprint density at radius 3 is 2.32 bits per heavy atom. The number of ether oxygens (including phenoxy) is 1. The van der Waals surface area contributed by atoms with E-state index in [4.69, 9.17) is 4.74 Å². The number of carbonyl (C=O) groups is 3. The second-order valence-corrected chi connectivity index (χ2v) is 12.5. The monoisotopic (exact) mass is 595 g/mol. The highest BCUT2D eigenvalue weighted by Gasteiger charge is 2.43. The minimum absolute atomic E-state index is 0.0647. The minimum atomic E-state index is -0.597. The van der Waals surface area contributed by atoms with Crippen LogP contribution in [0.2, 0.25) is 0 Å². The number of nitrogens with one attached hydrogen (secondary N) is 1. The van der Waals surface area contributed by atoms with Gasteiger partial charge in [0.15, 0.2) is 0 Å². The van der Waals surface area contributed by atoms with Crippen LogP contribution < -0.4 is 5.32 Å². The second kappa shape index (κ2) is 12.8. The molecule has 3 aromatic rings. The van der Waals surface area contributed by atoms with Crippen LogP contribution in [0, 0.1) is 25.7 Å². The lowest BCUT2D eigenvalue weighted by Gasteiger charge is -2.27. The number of nitrogens with zero attached hydrogens (tertiary/aromatic N) is 4. The Morgan fingerprint density at radius 2 is 1.66 bits per heavy atom. The quantitative estimate of drug-likeness (QED) is 0.411. The first-order valence-electron chi connectivity index (χ1n) is 15.5. The molecule has 0 saturated carbocycles. The molecule has 0 bridgehead atoms. The molecule has 0 spiro atoms. The number of pyridine rings is 1. The molecule has 2 unspecified atom stereocenters. The molecule has 1 N–H and O–H groups in total. The van der Waals surface area contributed by atoms with Crippen LogP contribution in [0.25, 0.3) is 0 Å². The van der Waals surface area contributed by atoms with Crippen molar-refractivity contribution in [3.8, 4) is 0 Å². The summed E-state index contributed by atoms with van der Waals surface area (Å²) in [6.07, 6.45) is 3.13. The first-order valence-corrected chi connectivity index (χ1v) is 15.5. The number of hydrogen-bond acceptors (Lipinski definition) is 6. The molecule has 1 aromatic heterocycles. The van der Waals surface area contributed by atoms with Gasteiger partial charge in [0, 0.05) is 57.7 Å². The summed E-state index contributed by atoms with van der Waals surface area (Å²) in [5.41, 5.74) is 4.76. The van der Waals surface area contributed by atoms with Crippen LogP contribution in [0.5, 0.6) is 0 Å². The number of carbonyl (C=O) groups excluding carboxylic acids is 3. The zero-order chi connectivity index (χ0) is 30.8. The number of likely N-dealkylation sites (tertiary alicyclic amines) is 3. The van der Waals surface area contributed by atoms with Gasteiger partial charge in [-0.2, -0.15) is 0 Å². The molecular weight excluding hydrogens is 554 g/mol. The molecule has 3 aliphatic heterocycles. The summed E-state index contributed by atoms with van der Waals surface area (Å²) in [6, 6.07) is 19.1. The molecule has 3 fully saturated rings. The fraction of sp³-hybridized carbons (Fsp3) is 0.429. The van der Waals surface area contributed by atoms with Gasteiger partial charge in [0.2, 0.25) is 5.91 Å². The second-order valence-electron chi connectivity index (χ2n) is 12.5. The van der Waals surface area contributed by atoms with E-state index in [1.807, 2.05) is 79.4 Å². The lowest BCUT2D eigenvalue weighted by Crippen LogP contribution is -2.37. The summed E-state index contributed by atoms with van der Waals surface area (Å²) >= 11 is 0. The lowest BCUT2D eigenvalue weighted by molar-refractivity contribution is -0.127. The molecule has 4 heterocycles. The predicted molar refractivity (Wildman–Crippen MR) is 167 cm³/mol. The summed E-state index contributed by atoms with van der Waals surface area (Å²) < 4.78 is 5.90. The van der Waals surface area contributed by atoms with Gasteiger partial charge in [-0.3, -0.25) is 14.6 Å². The smallest absolute Gasteiger partial charge is 0.407 e. The summed E-state index contributed by atoms with van der Waals surface area (Å²) in [6.45, 7) is 8.29. The van der Waals surface area contributed by atoms with Crippen molar-refractivity contribution in [3.05, 3.63) is 101 Å². The van der Waals surface area contributed by atoms with Gasteiger partial charge in [0.25, 0.3) is 5.91 Å². The molecule has 3 aliphatic rings. The van der Waals surface area contributed by atoms with Gasteiger partial charge in [-0.25, -0.2) is 4.79 Å². The lowest BCUT2D eigenvalue weighted by atomic mass is 10.0. The minimum Gasteiger partial charge on any atom is -0.443 e. The van der Waals surface area contributed by atoms with E-state index in [2.05, 4.69) is 15.2 Å². The Balaban J connectivity index is 1.06. The number of hydrogen-bond donors (Lipinski definition) is 1. The van der Waals surface area contributed by atoms with Crippen molar-refractivity contribution < 1.29 is 19.1 Å². The van der Waals surface area contributed by atoms with E-state index in [-0.39, 0.29) is 30.3 Å². The number of likely N-dealkylation sites (N-methyl/N-ethyl adjacent to an activating group) is 1. The van der Waals surface area contributed by atoms with Crippen molar-refractivity contribution in [1.82, 2.24) is 25.0 Å². The van der Waals surface area contributed by atoms with Crippen LogP contribution in [0.1, 0.15) is 57.5 Å². The highest BCUT2D eigenvalue weighted by atomic mass is 16.6. The first kappa shape index (κ1) is 29.8. The standard InChI is InChI=1S/C35H41N5O4/c1-23-9-7-10-24(2)32(23)34(42)40-21-27-19-39(20-28(27)22-40)16-14-29(25-11-5-4-6-12-25)37-35(43)44-30-17-31(41)38(3)33(30)26-13-8-15-36-18-26/h4-13,15,18,27-30,33H,14,16-17,19-22H2,1-3H3,(H,37,43)/t27-,28?,29?,30-,33-/m0/s1. The highest BCUT2D eigenvalue weighted by Crippen LogP contribution is 2.35. The number of aromatic nitrogens is 1. The fourth-order valence-corrected chi connectivity index (χ4v) is 7.31. The van der Waals surface area contributed by atoms with Crippen molar-refractivity contribution >= 4 is 17.9 Å². The number of amides is 3. The number of rotatable bonds is 8. The molecule has 5 atom stereocenters. The summed E-state index contributed by atoms with van der Waals surface area (Å²) in [7, 11) is 1.73. The summed E-state index contributed by atoms with van der Waals surface area (Å²) in [5.74, 6) is 0.995. The fourth-order valence-electron chi connectivity index (χ4n) is 7.31. The Hall–Kier alpha value is -4.24. The van der Waals surface area contributed by atoms with Crippen molar-refractivity contribution in [2.75, 3.05) is 39.8 Å². The third kappa shape index (κ3) is 6.19. The van der Waals surface area contributed by atoms with Gasteiger partial charge >= 0.3 is 6.09 Å². The van der Waals surface area contributed by atoms with Crippen LogP contribution in [0.3, 0.4) is 0 Å². The third-order valence-corrected chi connectivity index (χ3v) is 9.60. The Kier molecular flexibility index (Phi) is 8.66. The van der Waals surface area contributed by atoms with Gasteiger partial charge in [0.05, 0.1) is 18.5 Å². The molecule has 0 aliphatic carbocycles. The van der Waals surface area contributed by atoms with Gasteiger partial charge < -0.3 is 24.8 Å². The van der Waals surface area contributed by atoms with Crippen molar-refractivity contribution in [2.45, 2.75) is 44.9 Å². The number of benzene rings is 2. The highest BCUT2D eigenvalue weighted by molar-refractivity contribution is 5.97. The topological polar surface area (TPSA) is 95.1 Å². The van der Waals surface area contributed by atoms with Crippen molar-refractivity contribution in [3.63, 3.8) is 0 Å². The van der Waals surface area contributed by atoms with E-state index >= 15 is 0 Å². The largest absolute Gasteiger partial charge is 0.443 e. The maximum atomic E-state index is 13.4. The maximum Gasteiger partial charge on any atom is 0.407 e. The van der Waals surface area contributed by atoms with E-state index in [0.717, 1.165) is 67.0 Å². The summed E-state index contributed by atoms with van der Waals surface area (Å²) in [4.78, 5) is 49.5. The Bertz CT molecular complexity index is 1470. The third-order valence-electron chi connectivity index (χ3n) is 9.60.